The molecule has 1 atom stereocenters. The van der Waals surface area contributed by atoms with E-state index in [1.54, 1.807) is 18.7 Å². The normalized spacial score (nSPS) is 12.6. The van der Waals surface area contributed by atoms with Gasteiger partial charge in [0, 0.05) is 17.4 Å². The minimum absolute atomic E-state index is 0.156. The van der Waals surface area contributed by atoms with Crippen molar-refractivity contribution in [1.29, 1.82) is 0 Å². The zero-order valence-electron chi connectivity index (χ0n) is 13.9. The average Bonchev–Trinajstić information content (AvgIpc) is 2.43. The molecule has 1 amide bonds. The third kappa shape index (κ3) is 5.72. The Morgan fingerprint density at radius 2 is 1.86 bits per heavy atom. The minimum atomic E-state index is -0.618. The second kappa shape index (κ2) is 8.22. The van der Waals surface area contributed by atoms with Crippen LogP contribution in [0, 0.1) is 6.92 Å². The summed E-state index contributed by atoms with van der Waals surface area (Å²) in [5.41, 5.74) is 2.40. The lowest BCUT2D eigenvalue weighted by atomic mass is 10.0. The van der Waals surface area contributed by atoms with Crippen LogP contribution in [0.5, 0.6) is 0 Å². The lowest BCUT2D eigenvalue weighted by Gasteiger charge is -2.27. The van der Waals surface area contributed by atoms with E-state index in [2.05, 4.69) is 50.4 Å². The van der Waals surface area contributed by atoms with Crippen LogP contribution >= 0.6 is 11.8 Å². The number of benzene rings is 1. The van der Waals surface area contributed by atoms with Crippen molar-refractivity contribution in [3.8, 4) is 0 Å². The fourth-order valence-electron chi connectivity index (χ4n) is 1.99. The van der Waals surface area contributed by atoms with Crippen LogP contribution in [0.1, 0.15) is 38.8 Å². The molecule has 0 aliphatic heterocycles. The maximum atomic E-state index is 11.9. The van der Waals surface area contributed by atoms with E-state index in [1.807, 2.05) is 0 Å². The molecule has 0 saturated heterocycles. The summed E-state index contributed by atoms with van der Waals surface area (Å²) >= 11 is 1.63. The van der Waals surface area contributed by atoms with Gasteiger partial charge in [0.2, 0.25) is 5.91 Å². The minimum Gasteiger partial charge on any atom is -0.464 e. The molecule has 0 aliphatic carbocycles. The first-order valence-electron chi connectivity index (χ1n) is 7.41. The first kappa shape index (κ1) is 18.6. The number of ether oxygens (including phenoxy) is 1. The molecule has 1 aromatic carbocycles. The maximum absolute atomic E-state index is 11.9. The van der Waals surface area contributed by atoms with Crippen LogP contribution in [-0.2, 0) is 19.1 Å². The van der Waals surface area contributed by atoms with Crippen molar-refractivity contribution < 1.29 is 14.3 Å². The van der Waals surface area contributed by atoms with Gasteiger partial charge in [-0.1, -0.05) is 29.8 Å². The summed E-state index contributed by atoms with van der Waals surface area (Å²) < 4.78 is 4.87. The van der Waals surface area contributed by atoms with Crippen LogP contribution in [0.4, 0.5) is 0 Å². The Hall–Kier alpha value is -1.49. The van der Waals surface area contributed by atoms with E-state index >= 15 is 0 Å². The lowest BCUT2D eigenvalue weighted by molar-refractivity contribution is -0.146. The molecule has 122 valence electrons. The van der Waals surface area contributed by atoms with Crippen molar-refractivity contribution >= 4 is 23.6 Å². The second-order valence-corrected chi connectivity index (χ2v) is 7.34. The molecule has 0 bridgehead atoms. The molecular formula is C17H25NO3S. The van der Waals surface area contributed by atoms with E-state index in [0.717, 1.165) is 0 Å². The van der Waals surface area contributed by atoms with Gasteiger partial charge in [-0.2, -0.15) is 0 Å². The van der Waals surface area contributed by atoms with Crippen molar-refractivity contribution in [3.05, 3.63) is 35.4 Å². The highest BCUT2D eigenvalue weighted by Crippen LogP contribution is 2.36. The number of carbonyl (C=O) groups excluding carboxylic acids is 2. The van der Waals surface area contributed by atoms with Gasteiger partial charge >= 0.3 is 5.97 Å². The fraction of sp³-hybridized carbons (Fsp3) is 0.529. The van der Waals surface area contributed by atoms with Gasteiger partial charge in [-0.05, 0) is 33.3 Å². The van der Waals surface area contributed by atoms with Gasteiger partial charge in [0.25, 0.3) is 0 Å². The molecule has 0 radical (unpaired) electrons. The van der Waals surface area contributed by atoms with Gasteiger partial charge in [0.1, 0.15) is 6.04 Å². The van der Waals surface area contributed by atoms with Crippen LogP contribution in [0.25, 0.3) is 0 Å². The molecular weight excluding hydrogens is 298 g/mol. The van der Waals surface area contributed by atoms with Gasteiger partial charge in [-0.15, -0.1) is 11.8 Å². The molecule has 1 aromatic rings. The van der Waals surface area contributed by atoms with Crippen LogP contribution in [0.2, 0.25) is 0 Å². The quantitative estimate of drug-likeness (QED) is 0.784. The first-order chi connectivity index (χ1) is 10.3. The van der Waals surface area contributed by atoms with Crippen molar-refractivity contribution in [2.45, 2.75) is 45.4 Å². The molecule has 5 heteroatoms. The van der Waals surface area contributed by atoms with Gasteiger partial charge in [0.15, 0.2) is 0 Å². The molecule has 0 saturated carbocycles. The van der Waals surface area contributed by atoms with Crippen molar-refractivity contribution in [2.75, 3.05) is 12.4 Å². The number of nitrogens with one attached hydrogen (secondary N) is 1. The predicted molar refractivity (Wildman–Crippen MR) is 90.9 cm³/mol. The third-order valence-electron chi connectivity index (χ3n) is 3.31. The Labute approximate surface area is 137 Å². The Morgan fingerprint density at radius 3 is 2.36 bits per heavy atom. The molecule has 22 heavy (non-hydrogen) atoms. The molecule has 0 fully saturated rings. The summed E-state index contributed by atoms with van der Waals surface area (Å²) in [6.07, 6.45) is 0. The van der Waals surface area contributed by atoms with Crippen LogP contribution < -0.4 is 5.32 Å². The van der Waals surface area contributed by atoms with Crippen molar-refractivity contribution in [2.24, 2.45) is 0 Å². The fourth-order valence-corrected chi connectivity index (χ4v) is 3.09. The highest BCUT2D eigenvalue weighted by atomic mass is 32.2. The van der Waals surface area contributed by atoms with E-state index in [9.17, 15) is 9.59 Å². The van der Waals surface area contributed by atoms with E-state index < -0.39 is 6.04 Å². The highest BCUT2D eigenvalue weighted by Gasteiger charge is 2.27. The molecule has 0 aliphatic rings. The molecule has 0 heterocycles. The molecule has 0 spiro atoms. The molecule has 0 unspecified atom stereocenters. The standard InChI is InChI=1S/C17H25NO3S/c1-6-21-16(20)15(18-13(3)19)11-22-17(4,5)14-9-7-12(2)8-10-14/h7-10,15H,6,11H2,1-5H3,(H,18,19)/t15-/m0/s1. The second-order valence-electron chi connectivity index (χ2n) is 5.69. The molecule has 0 aromatic heterocycles. The molecule has 1 rings (SSSR count). The number of esters is 1. The van der Waals surface area contributed by atoms with Crippen LogP contribution in [-0.4, -0.2) is 30.3 Å². The number of thioether (sulfide) groups is 1. The predicted octanol–water partition coefficient (Wildman–Crippen LogP) is 3.03. The van der Waals surface area contributed by atoms with Crippen molar-refractivity contribution in [3.63, 3.8) is 0 Å². The largest absolute Gasteiger partial charge is 0.464 e. The van der Waals surface area contributed by atoms with Gasteiger partial charge in [-0.25, -0.2) is 4.79 Å². The first-order valence-corrected chi connectivity index (χ1v) is 8.39. The van der Waals surface area contributed by atoms with Gasteiger partial charge in [-0.3, -0.25) is 4.79 Å². The smallest absolute Gasteiger partial charge is 0.329 e. The van der Waals surface area contributed by atoms with Crippen molar-refractivity contribution in [1.82, 2.24) is 5.32 Å². The lowest BCUT2D eigenvalue weighted by Crippen LogP contribution is -2.43. The summed E-state index contributed by atoms with van der Waals surface area (Å²) in [6, 6.07) is 7.73. The summed E-state index contributed by atoms with van der Waals surface area (Å²) in [4.78, 5) is 23.2. The van der Waals surface area contributed by atoms with E-state index in [1.165, 1.54) is 18.1 Å². The zero-order valence-corrected chi connectivity index (χ0v) is 14.8. The Kier molecular flexibility index (Phi) is 6.94. The molecule has 4 nitrogen and oxygen atoms in total. The summed E-state index contributed by atoms with van der Waals surface area (Å²) in [6.45, 7) is 9.74. The Bertz CT molecular complexity index is 511. The number of hydrogen-bond acceptors (Lipinski definition) is 4. The number of hydrogen-bond donors (Lipinski definition) is 1. The average molecular weight is 323 g/mol. The Morgan fingerprint density at radius 1 is 1.27 bits per heavy atom. The van der Waals surface area contributed by atoms with E-state index in [0.29, 0.717) is 12.4 Å². The summed E-state index contributed by atoms with van der Waals surface area (Å²) in [5.74, 6) is -0.143. The number of amides is 1. The number of rotatable bonds is 7. The SMILES string of the molecule is CCOC(=O)[C@H](CSC(C)(C)c1ccc(C)cc1)NC(C)=O. The van der Waals surface area contributed by atoms with E-state index in [4.69, 9.17) is 4.74 Å². The third-order valence-corrected chi connectivity index (χ3v) is 4.76. The number of carbonyl (C=O) groups is 2. The summed E-state index contributed by atoms with van der Waals surface area (Å²) in [5, 5.41) is 2.66. The Balaban J connectivity index is 2.75. The van der Waals surface area contributed by atoms with Gasteiger partial charge in [0.05, 0.1) is 6.61 Å². The topological polar surface area (TPSA) is 55.4 Å². The monoisotopic (exact) mass is 323 g/mol. The van der Waals surface area contributed by atoms with Gasteiger partial charge < -0.3 is 10.1 Å². The summed E-state index contributed by atoms with van der Waals surface area (Å²) in [7, 11) is 0. The van der Waals surface area contributed by atoms with E-state index in [-0.39, 0.29) is 16.6 Å². The zero-order chi connectivity index (χ0) is 16.8. The van der Waals surface area contributed by atoms with Crippen LogP contribution in [0.15, 0.2) is 24.3 Å². The maximum Gasteiger partial charge on any atom is 0.329 e. The van der Waals surface area contributed by atoms with Crippen LogP contribution in [0.3, 0.4) is 0 Å². The number of aryl methyl sites for hydroxylation is 1. The molecule has 1 N–H and O–H groups in total. The highest BCUT2D eigenvalue weighted by molar-refractivity contribution is 8.00.